The number of furan rings is 1. The highest BCUT2D eigenvalue weighted by atomic mass is 16.3. The van der Waals surface area contributed by atoms with Crippen LogP contribution in [0.25, 0.3) is 0 Å². The van der Waals surface area contributed by atoms with Crippen molar-refractivity contribution in [1.82, 2.24) is 9.97 Å². The van der Waals surface area contributed by atoms with Crippen LogP contribution in [0.15, 0.2) is 45.8 Å². The number of hydrogen-bond donors (Lipinski definition) is 1. The van der Waals surface area contributed by atoms with Gasteiger partial charge in [-0.1, -0.05) is 48.5 Å². The minimum absolute atomic E-state index is 0.00957. The molecule has 0 saturated carbocycles. The Labute approximate surface area is 162 Å². The molecule has 146 valence electrons. The summed E-state index contributed by atoms with van der Waals surface area (Å²) in [5, 5.41) is 0. The zero-order valence-electron chi connectivity index (χ0n) is 17.6. The van der Waals surface area contributed by atoms with Gasteiger partial charge in [0, 0.05) is 34.1 Å². The maximum absolute atomic E-state index is 5.80. The average Bonchev–Trinajstić information content (AvgIpc) is 3.27. The standard InChI is InChI=1S/C23H32N2O2/c1-21(2,3)19-12-16(15-27-19)13-22(4,5)18-9-8-17(25-18)14-23(6,7)20-24-10-11-26-20/h8-12,15,25H,13-14H2,1-7H3. The van der Waals surface area contributed by atoms with Gasteiger partial charge in [-0.15, -0.1) is 0 Å². The van der Waals surface area contributed by atoms with Crippen LogP contribution in [-0.2, 0) is 29.1 Å². The van der Waals surface area contributed by atoms with Crippen molar-refractivity contribution in [2.45, 2.75) is 77.6 Å². The van der Waals surface area contributed by atoms with E-state index in [4.69, 9.17) is 8.83 Å². The van der Waals surface area contributed by atoms with E-state index in [-0.39, 0.29) is 16.2 Å². The highest BCUT2D eigenvalue weighted by Crippen LogP contribution is 2.32. The molecule has 3 aromatic heterocycles. The molecule has 0 aromatic carbocycles. The molecule has 3 rings (SSSR count). The van der Waals surface area contributed by atoms with Gasteiger partial charge in [-0.05, 0) is 30.2 Å². The van der Waals surface area contributed by atoms with E-state index in [0.29, 0.717) is 0 Å². The van der Waals surface area contributed by atoms with Gasteiger partial charge in [-0.3, -0.25) is 0 Å². The Morgan fingerprint density at radius 3 is 2.26 bits per heavy atom. The van der Waals surface area contributed by atoms with E-state index in [1.807, 2.05) is 6.26 Å². The molecule has 0 aliphatic rings. The number of aromatic nitrogens is 2. The molecule has 3 heterocycles. The van der Waals surface area contributed by atoms with Gasteiger partial charge in [0.1, 0.15) is 12.0 Å². The van der Waals surface area contributed by atoms with Gasteiger partial charge in [-0.25, -0.2) is 4.98 Å². The molecule has 0 bridgehead atoms. The van der Waals surface area contributed by atoms with Crippen molar-refractivity contribution in [2.24, 2.45) is 0 Å². The second kappa shape index (κ2) is 6.74. The fourth-order valence-corrected chi connectivity index (χ4v) is 3.51. The lowest BCUT2D eigenvalue weighted by Gasteiger charge is -2.24. The molecule has 3 aromatic rings. The summed E-state index contributed by atoms with van der Waals surface area (Å²) >= 11 is 0. The summed E-state index contributed by atoms with van der Waals surface area (Å²) in [6.07, 6.45) is 7.02. The number of H-pyrrole nitrogens is 1. The van der Waals surface area contributed by atoms with Gasteiger partial charge >= 0.3 is 0 Å². The maximum Gasteiger partial charge on any atom is 0.199 e. The number of oxazole rings is 1. The van der Waals surface area contributed by atoms with E-state index in [9.17, 15) is 0 Å². The summed E-state index contributed by atoms with van der Waals surface area (Å²) in [7, 11) is 0. The van der Waals surface area contributed by atoms with E-state index in [1.165, 1.54) is 17.0 Å². The van der Waals surface area contributed by atoms with Crippen molar-refractivity contribution in [2.75, 3.05) is 0 Å². The van der Waals surface area contributed by atoms with E-state index in [2.05, 4.69) is 76.6 Å². The molecule has 0 saturated heterocycles. The molecule has 0 atom stereocenters. The van der Waals surface area contributed by atoms with Crippen molar-refractivity contribution in [3.05, 3.63) is 65.5 Å². The second-order valence-electron chi connectivity index (χ2n) is 9.93. The molecule has 0 unspecified atom stereocenters. The zero-order chi connectivity index (χ0) is 19.9. The first kappa shape index (κ1) is 19.5. The highest BCUT2D eigenvalue weighted by molar-refractivity contribution is 5.27. The molecule has 0 aliphatic heterocycles. The largest absolute Gasteiger partial charge is 0.469 e. The molecule has 4 heteroatoms. The van der Waals surface area contributed by atoms with Gasteiger partial charge < -0.3 is 13.8 Å². The van der Waals surface area contributed by atoms with Crippen LogP contribution in [0.1, 0.15) is 77.1 Å². The maximum atomic E-state index is 5.80. The Balaban J connectivity index is 1.73. The van der Waals surface area contributed by atoms with Crippen molar-refractivity contribution in [1.29, 1.82) is 0 Å². The zero-order valence-corrected chi connectivity index (χ0v) is 17.6. The number of aromatic amines is 1. The monoisotopic (exact) mass is 368 g/mol. The third-order valence-electron chi connectivity index (χ3n) is 5.16. The quantitative estimate of drug-likeness (QED) is 0.586. The van der Waals surface area contributed by atoms with Gasteiger partial charge in [-0.2, -0.15) is 0 Å². The van der Waals surface area contributed by atoms with Crippen LogP contribution in [-0.4, -0.2) is 9.97 Å². The van der Waals surface area contributed by atoms with Crippen LogP contribution in [0, 0.1) is 0 Å². The van der Waals surface area contributed by atoms with Crippen LogP contribution in [0.2, 0.25) is 0 Å². The molecule has 0 aliphatic carbocycles. The first-order chi connectivity index (χ1) is 12.5. The lowest BCUT2D eigenvalue weighted by atomic mass is 9.83. The average molecular weight is 369 g/mol. The second-order valence-corrected chi connectivity index (χ2v) is 9.93. The van der Waals surface area contributed by atoms with E-state index in [0.717, 1.165) is 24.5 Å². The Kier molecular flexibility index (Phi) is 4.87. The van der Waals surface area contributed by atoms with E-state index in [1.54, 1.807) is 12.5 Å². The van der Waals surface area contributed by atoms with Crippen LogP contribution in [0.4, 0.5) is 0 Å². The Morgan fingerprint density at radius 1 is 0.926 bits per heavy atom. The van der Waals surface area contributed by atoms with Gasteiger partial charge in [0.05, 0.1) is 12.5 Å². The summed E-state index contributed by atoms with van der Waals surface area (Å²) in [6, 6.07) is 6.57. The predicted octanol–water partition coefficient (Wildman–Crippen LogP) is 5.93. The topological polar surface area (TPSA) is 55.0 Å². The lowest BCUT2D eigenvalue weighted by Crippen LogP contribution is -2.23. The molecule has 1 N–H and O–H groups in total. The molecular formula is C23H32N2O2. The van der Waals surface area contributed by atoms with Gasteiger partial charge in [0.25, 0.3) is 0 Å². The fourth-order valence-electron chi connectivity index (χ4n) is 3.51. The van der Waals surface area contributed by atoms with E-state index >= 15 is 0 Å². The highest BCUT2D eigenvalue weighted by Gasteiger charge is 2.29. The lowest BCUT2D eigenvalue weighted by molar-refractivity contribution is 0.364. The number of hydrogen-bond acceptors (Lipinski definition) is 3. The van der Waals surface area contributed by atoms with Crippen LogP contribution in [0.5, 0.6) is 0 Å². The van der Waals surface area contributed by atoms with E-state index < -0.39 is 0 Å². The first-order valence-electron chi connectivity index (χ1n) is 9.64. The number of nitrogens with zero attached hydrogens (tertiary/aromatic N) is 1. The summed E-state index contributed by atoms with van der Waals surface area (Å²) < 4.78 is 11.3. The molecule has 27 heavy (non-hydrogen) atoms. The SMILES string of the molecule is CC(C)(C)c1cc(CC(C)(C)c2ccc(CC(C)(C)c3ncco3)[nH]2)co1. The van der Waals surface area contributed by atoms with Crippen molar-refractivity contribution in [3.63, 3.8) is 0 Å². The van der Waals surface area contributed by atoms with Crippen LogP contribution < -0.4 is 0 Å². The van der Waals surface area contributed by atoms with Crippen molar-refractivity contribution >= 4 is 0 Å². The Bertz CT molecular complexity index is 874. The molecular weight excluding hydrogens is 336 g/mol. The molecule has 0 spiro atoms. The Morgan fingerprint density at radius 2 is 1.67 bits per heavy atom. The van der Waals surface area contributed by atoms with Gasteiger partial charge in [0.15, 0.2) is 5.89 Å². The van der Waals surface area contributed by atoms with Crippen molar-refractivity contribution < 1.29 is 8.83 Å². The minimum atomic E-state index is -0.151. The third-order valence-corrected chi connectivity index (χ3v) is 5.16. The molecule has 0 fully saturated rings. The predicted molar refractivity (Wildman–Crippen MR) is 108 cm³/mol. The third kappa shape index (κ3) is 4.37. The minimum Gasteiger partial charge on any atom is -0.469 e. The van der Waals surface area contributed by atoms with Gasteiger partial charge in [0.2, 0.25) is 0 Å². The molecule has 0 amide bonds. The summed E-state index contributed by atoms with van der Waals surface area (Å²) in [5.41, 5.74) is 3.55. The Hall–Kier alpha value is -2.23. The smallest absolute Gasteiger partial charge is 0.199 e. The van der Waals surface area contributed by atoms with Crippen LogP contribution >= 0.6 is 0 Å². The summed E-state index contributed by atoms with van der Waals surface area (Å²) in [6.45, 7) is 15.4. The van der Waals surface area contributed by atoms with Crippen molar-refractivity contribution in [3.8, 4) is 0 Å². The summed E-state index contributed by atoms with van der Waals surface area (Å²) in [4.78, 5) is 7.96. The fraction of sp³-hybridized carbons (Fsp3) is 0.522. The number of rotatable bonds is 6. The first-order valence-corrected chi connectivity index (χ1v) is 9.64. The molecule has 4 nitrogen and oxygen atoms in total. The molecule has 0 radical (unpaired) electrons. The van der Waals surface area contributed by atoms with Crippen LogP contribution in [0.3, 0.4) is 0 Å². The number of nitrogens with one attached hydrogen (secondary N) is 1. The normalized spacial score (nSPS) is 13.3. The summed E-state index contributed by atoms with van der Waals surface area (Å²) in [5.74, 6) is 1.80.